The molecule has 1 aliphatic rings. The van der Waals surface area contributed by atoms with Gasteiger partial charge >= 0.3 is 0 Å². The average molecular weight is 264 g/mol. The zero-order chi connectivity index (χ0) is 14.1. The summed E-state index contributed by atoms with van der Waals surface area (Å²) in [5.41, 5.74) is 0. The number of nitrogens with one attached hydrogen (secondary N) is 1. The van der Waals surface area contributed by atoms with Crippen LogP contribution in [0.25, 0.3) is 0 Å². The second kappa shape index (κ2) is 8.92. The van der Waals surface area contributed by atoms with Crippen LogP contribution < -0.4 is 0 Å². The van der Waals surface area contributed by atoms with E-state index in [0.29, 0.717) is 0 Å². The topological polar surface area (TPSA) is 44.2 Å². The third-order valence-corrected chi connectivity index (χ3v) is 5.26. The molecular weight excluding hydrogens is 232 g/mol. The minimum Gasteiger partial charge on any atom is -0.240 e. The predicted octanol–water partition coefficient (Wildman–Crippen LogP) is 4.28. The number of hydrogen-bond acceptors (Lipinski definition) is 2. The molecule has 1 fully saturated rings. The van der Waals surface area contributed by atoms with E-state index in [1.54, 1.807) is 0 Å². The monoisotopic (exact) mass is 264 g/mol. The molecule has 0 aliphatic carbocycles. The molecule has 4 heteroatoms. The van der Waals surface area contributed by atoms with Crippen LogP contribution in [-0.2, 0) is 9.92 Å². The van der Waals surface area contributed by atoms with Crippen molar-refractivity contribution in [3.8, 4) is 0 Å². The summed E-state index contributed by atoms with van der Waals surface area (Å²) in [6, 6.07) is 0. The van der Waals surface area contributed by atoms with Gasteiger partial charge in [0.05, 0.1) is 4.75 Å². The fourth-order valence-electron chi connectivity index (χ4n) is 1.51. The summed E-state index contributed by atoms with van der Waals surface area (Å²) >= 11 is 0. The predicted molar refractivity (Wildman–Crippen MR) is 78.7 cm³/mol. The first-order valence-corrected chi connectivity index (χ1v) is 8.40. The molecule has 0 aromatic carbocycles. The molecule has 0 amide bonds. The highest BCUT2D eigenvalue weighted by Gasteiger charge is 2.31. The summed E-state index contributed by atoms with van der Waals surface area (Å²) < 4.78 is 21.5. The van der Waals surface area contributed by atoms with Crippen LogP contribution in [0, 0.1) is 4.78 Å². The van der Waals surface area contributed by atoms with Gasteiger partial charge in [0.1, 0.15) is 9.92 Å². The fourth-order valence-corrected chi connectivity index (χ4v) is 3.06. The van der Waals surface area contributed by atoms with E-state index in [4.69, 9.17) is 4.78 Å². The zero-order valence-electron chi connectivity index (χ0n) is 12.8. The van der Waals surface area contributed by atoms with Gasteiger partial charge in [0.2, 0.25) is 0 Å². The lowest BCUT2D eigenvalue weighted by atomic mass is 10.2. The molecule has 1 atom stereocenters. The van der Waals surface area contributed by atoms with Crippen molar-refractivity contribution in [1.29, 1.82) is 4.78 Å². The molecule has 0 bridgehead atoms. The molecular formula is C13H32N2OS. The van der Waals surface area contributed by atoms with Crippen LogP contribution in [0.4, 0.5) is 0 Å². The van der Waals surface area contributed by atoms with E-state index in [1.807, 2.05) is 52.8 Å². The standard InChI is InChI=1S/C9H20N2OS.2C2H6/c1-9(2,3)13(10,12)11-7-5-4-6-8-11;2*1-2/h10H,4-8H2,1-3H3;2*1-2H3. The lowest BCUT2D eigenvalue weighted by Gasteiger charge is -2.35. The van der Waals surface area contributed by atoms with E-state index >= 15 is 0 Å². The Hall–Kier alpha value is -0.0900. The van der Waals surface area contributed by atoms with Gasteiger partial charge in [0, 0.05) is 13.1 Å². The van der Waals surface area contributed by atoms with Gasteiger partial charge in [-0.3, -0.25) is 0 Å². The Balaban J connectivity index is 0. The maximum absolute atomic E-state index is 12.2. The van der Waals surface area contributed by atoms with E-state index in [9.17, 15) is 4.21 Å². The van der Waals surface area contributed by atoms with Crippen molar-refractivity contribution in [3.05, 3.63) is 0 Å². The average Bonchev–Trinajstić information content (AvgIpc) is 2.34. The SMILES string of the molecule is CC.CC.CC(C)(C)S(=N)(=O)N1CCCCC1. The number of piperidine rings is 1. The lowest BCUT2D eigenvalue weighted by molar-refractivity contribution is 0.353. The van der Waals surface area contributed by atoms with Crippen molar-refractivity contribution >= 4 is 9.92 Å². The quantitative estimate of drug-likeness (QED) is 0.754. The first kappa shape index (κ1) is 19.3. The number of hydrogen-bond donors (Lipinski definition) is 1. The minimum absolute atomic E-state index is 0.426. The normalized spacial score (nSPS) is 20.2. The third kappa shape index (κ3) is 5.87. The molecule has 106 valence electrons. The molecule has 3 nitrogen and oxygen atoms in total. The molecule has 1 unspecified atom stereocenters. The molecule has 0 spiro atoms. The first-order valence-electron chi connectivity index (χ1n) is 6.89. The summed E-state index contributed by atoms with van der Waals surface area (Å²) in [6.07, 6.45) is 3.40. The molecule has 1 N–H and O–H groups in total. The molecule has 1 heterocycles. The maximum atomic E-state index is 12.2. The van der Waals surface area contributed by atoms with Gasteiger partial charge in [-0.25, -0.2) is 13.3 Å². The van der Waals surface area contributed by atoms with Gasteiger partial charge in [-0.2, -0.15) is 0 Å². The Morgan fingerprint density at radius 1 is 0.941 bits per heavy atom. The van der Waals surface area contributed by atoms with E-state index in [2.05, 4.69) is 0 Å². The number of rotatable bonds is 1. The van der Waals surface area contributed by atoms with Crippen molar-refractivity contribution in [3.63, 3.8) is 0 Å². The van der Waals surface area contributed by atoms with Crippen molar-refractivity contribution < 1.29 is 4.21 Å². The van der Waals surface area contributed by atoms with Gasteiger partial charge in [0.15, 0.2) is 0 Å². The molecule has 0 aromatic rings. The van der Waals surface area contributed by atoms with Crippen molar-refractivity contribution in [1.82, 2.24) is 4.31 Å². The van der Waals surface area contributed by atoms with E-state index in [-0.39, 0.29) is 0 Å². The lowest BCUT2D eigenvalue weighted by Crippen LogP contribution is -2.44. The highest BCUT2D eigenvalue weighted by atomic mass is 32.2. The van der Waals surface area contributed by atoms with Crippen LogP contribution >= 0.6 is 0 Å². The molecule has 17 heavy (non-hydrogen) atoms. The van der Waals surface area contributed by atoms with Gasteiger partial charge in [0.25, 0.3) is 0 Å². The van der Waals surface area contributed by atoms with Crippen molar-refractivity contribution in [2.24, 2.45) is 0 Å². The van der Waals surface area contributed by atoms with Crippen LogP contribution in [0.3, 0.4) is 0 Å². The highest BCUT2D eigenvalue weighted by Crippen LogP contribution is 2.24. The molecule has 0 saturated carbocycles. The van der Waals surface area contributed by atoms with Gasteiger partial charge in [-0.15, -0.1) is 0 Å². The van der Waals surface area contributed by atoms with E-state index < -0.39 is 14.7 Å². The first-order chi connectivity index (χ1) is 7.86. The Bertz CT molecular complexity index is 260. The highest BCUT2D eigenvalue weighted by molar-refractivity contribution is 7.91. The second-order valence-corrected chi connectivity index (χ2v) is 7.42. The fraction of sp³-hybridized carbons (Fsp3) is 1.00. The maximum Gasteiger partial charge on any atom is 0.112 e. The molecule has 0 aromatic heterocycles. The van der Waals surface area contributed by atoms with Gasteiger partial charge < -0.3 is 0 Å². The second-order valence-electron chi connectivity index (χ2n) is 4.63. The smallest absolute Gasteiger partial charge is 0.112 e. The zero-order valence-corrected chi connectivity index (χ0v) is 13.6. The van der Waals surface area contributed by atoms with Gasteiger partial charge in [-0.05, 0) is 33.6 Å². The summed E-state index contributed by atoms with van der Waals surface area (Å²) in [7, 11) is -2.57. The summed E-state index contributed by atoms with van der Waals surface area (Å²) in [4.78, 5) is 0. The van der Waals surface area contributed by atoms with Crippen molar-refractivity contribution in [2.75, 3.05) is 13.1 Å². The summed E-state index contributed by atoms with van der Waals surface area (Å²) in [6.45, 7) is 15.3. The largest absolute Gasteiger partial charge is 0.240 e. The summed E-state index contributed by atoms with van der Waals surface area (Å²) in [5.74, 6) is 0. The van der Waals surface area contributed by atoms with Crippen LogP contribution in [0.15, 0.2) is 0 Å². The molecule has 1 rings (SSSR count). The van der Waals surface area contributed by atoms with Crippen LogP contribution in [0.1, 0.15) is 67.7 Å². The van der Waals surface area contributed by atoms with Crippen LogP contribution in [0.2, 0.25) is 0 Å². The molecule has 0 radical (unpaired) electrons. The Labute approximate surface area is 109 Å². The Morgan fingerprint density at radius 3 is 1.59 bits per heavy atom. The van der Waals surface area contributed by atoms with Gasteiger partial charge in [-0.1, -0.05) is 34.1 Å². The minimum atomic E-state index is -2.57. The molecule has 1 saturated heterocycles. The Morgan fingerprint density at radius 2 is 1.29 bits per heavy atom. The van der Waals surface area contributed by atoms with Crippen molar-refractivity contribution in [2.45, 2.75) is 72.5 Å². The van der Waals surface area contributed by atoms with E-state index in [1.165, 1.54) is 6.42 Å². The summed E-state index contributed by atoms with van der Waals surface area (Å²) in [5, 5.41) is 0. The molecule has 1 aliphatic heterocycles. The Kier molecular flexibility index (Phi) is 10.1. The number of nitrogens with zero attached hydrogens (tertiary/aromatic N) is 1. The third-order valence-electron chi connectivity index (χ3n) is 2.51. The van der Waals surface area contributed by atoms with E-state index in [0.717, 1.165) is 25.9 Å². The van der Waals surface area contributed by atoms with Crippen LogP contribution in [-0.4, -0.2) is 26.4 Å². The van der Waals surface area contributed by atoms with Crippen LogP contribution in [0.5, 0.6) is 0 Å².